The van der Waals surface area contributed by atoms with Crippen LogP contribution in [0.1, 0.15) is 0 Å². The number of benzene rings is 1. The highest BCUT2D eigenvalue weighted by Crippen LogP contribution is 2.29. The Balaban J connectivity index is 2.30. The lowest BCUT2D eigenvalue weighted by atomic mass is 10.1. The summed E-state index contributed by atoms with van der Waals surface area (Å²) in [6.07, 6.45) is 3.19. The summed E-state index contributed by atoms with van der Waals surface area (Å²) in [5.74, 6) is -0.0211. The number of H-pyrrole nitrogens is 1. The number of aromatic amines is 1. The first-order chi connectivity index (χ1) is 7.86. The lowest BCUT2D eigenvalue weighted by Gasteiger charge is -1.97. The van der Waals surface area contributed by atoms with E-state index in [0.717, 1.165) is 16.6 Å². The Kier molecular flexibility index (Phi) is 1.86. The van der Waals surface area contributed by atoms with E-state index in [0.29, 0.717) is 5.52 Å². The van der Waals surface area contributed by atoms with Crippen molar-refractivity contribution in [3.8, 4) is 17.0 Å². The van der Waals surface area contributed by atoms with Crippen molar-refractivity contribution in [2.75, 3.05) is 0 Å². The summed E-state index contributed by atoms with van der Waals surface area (Å²) < 4.78 is 0. The average molecular weight is 211 g/mol. The van der Waals surface area contributed by atoms with E-state index in [1.165, 1.54) is 6.33 Å². The van der Waals surface area contributed by atoms with Gasteiger partial charge in [-0.3, -0.25) is 0 Å². The van der Waals surface area contributed by atoms with Gasteiger partial charge in [0.2, 0.25) is 5.88 Å². The zero-order valence-corrected chi connectivity index (χ0v) is 8.38. The Hall–Kier alpha value is -2.36. The molecule has 0 aliphatic rings. The first-order valence-corrected chi connectivity index (χ1v) is 4.93. The van der Waals surface area contributed by atoms with Gasteiger partial charge in [0.05, 0.1) is 0 Å². The lowest BCUT2D eigenvalue weighted by Crippen LogP contribution is -1.81. The van der Waals surface area contributed by atoms with Gasteiger partial charge in [-0.05, 0) is 5.56 Å². The molecule has 16 heavy (non-hydrogen) atoms. The van der Waals surface area contributed by atoms with Gasteiger partial charge in [-0.2, -0.15) is 0 Å². The van der Waals surface area contributed by atoms with Crippen molar-refractivity contribution in [2.24, 2.45) is 0 Å². The zero-order chi connectivity index (χ0) is 11.0. The minimum Gasteiger partial charge on any atom is -0.492 e. The van der Waals surface area contributed by atoms with E-state index in [1.54, 1.807) is 0 Å². The maximum Gasteiger partial charge on any atom is 0.239 e. The number of fused-ring (bicyclic) bond motifs is 1. The molecule has 0 fully saturated rings. The molecule has 0 amide bonds. The zero-order valence-electron chi connectivity index (χ0n) is 8.38. The third-order valence-electron chi connectivity index (χ3n) is 2.53. The van der Waals surface area contributed by atoms with E-state index in [1.807, 2.05) is 36.5 Å². The molecular formula is C12H9N3O. The lowest BCUT2D eigenvalue weighted by molar-refractivity contribution is 0.458. The van der Waals surface area contributed by atoms with Crippen LogP contribution >= 0.6 is 0 Å². The Morgan fingerprint density at radius 1 is 1.06 bits per heavy atom. The standard InChI is InChI=1S/C12H9N3O/c16-12-11-10(14-7-15-12)9(6-13-11)8-4-2-1-3-5-8/h1-7,13H,(H,14,15,16). The van der Waals surface area contributed by atoms with Crippen LogP contribution in [0.3, 0.4) is 0 Å². The fraction of sp³-hybridized carbons (Fsp3) is 0. The summed E-state index contributed by atoms with van der Waals surface area (Å²) in [5.41, 5.74) is 3.33. The first-order valence-electron chi connectivity index (χ1n) is 4.93. The van der Waals surface area contributed by atoms with Crippen molar-refractivity contribution in [1.82, 2.24) is 15.0 Å². The molecule has 78 valence electrons. The van der Waals surface area contributed by atoms with Crippen molar-refractivity contribution < 1.29 is 5.11 Å². The van der Waals surface area contributed by atoms with Crippen molar-refractivity contribution in [2.45, 2.75) is 0 Å². The van der Waals surface area contributed by atoms with Gasteiger partial charge in [-0.15, -0.1) is 0 Å². The largest absolute Gasteiger partial charge is 0.492 e. The van der Waals surface area contributed by atoms with Gasteiger partial charge in [-0.1, -0.05) is 30.3 Å². The minimum absolute atomic E-state index is 0.0211. The van der Waals surface area contributed by atoms with Gasteiger partial charge >= 0.3 is 0 Å². The molecular weight excluding hydrogens is 202 g/mol. The van der Waals surface area contributed by atoms with Crippen LogP contribution in [0, 0.1) is 0 Å². The summed E-state index contributed by atoms with van der Waals surface area (Å²) in [6, 6.07) is 9.90. The van der Waals surface area contributed by atoms with Crippen molar-refractivity contribution in [1.29, 1.82) is 0 Å². The second-order valence-corrected chi connectivity index (χ2v) is 3.49. The number of aromatic nitrogens is 3. The van der Waals surface area contributed by atoms with Crippen LogP contribution in [0.25, 0.3) is 22.2 Å². The molecule has 0 atom stereocenters. The van der Waals surface area contributed by atoms with Gasteiger partial charge in [0, 0.05) is 11.8 Å². The molecule has 2 aromatic heterocycles. The molecule has 0 saturated heterocycles. The van der Waals surface area contributed by atoms with Crippen LogP contribution in [-0.4, -0.2) is 20.1 Å². The summed E-state index contributed by atoms with van der Waals surface area (Å²) in [4.78, 5) is 10.9. The van der Waals surface area contributed by atoms with E-state index >= 15 is 0 Å². The third-order valence-corrected chi connectivity index (χ3v) is 2.53. The van der Waals surface area contributed by atoms with Crippen LogP contribution in [0.4, 0.5) is 0 Å². The van der Waals surface area contributed by atoms with Gasteiger partial charge in [0.1, 0.15) is 17.4 Å². The number of hydrogen-bond acceptors (Lipinski definition) is 3. The van der Waals surface area contributed by atoms with Gasteiger partial charge in [0.15, 0.2) is 0 Å². The predicted molar refractivity (Wildman–Crippen MR) is 61.0 cm³/mol. The minimum atomic E-state index is -0.0211. The average Bonchev–Trinajstić information content (AvgIpc) is 2.75. The number of hydrogen-bond donors (Lipinski definition) is 2. The highest BCUT2D eigenvalue weighted by atomic mass is 16.3. The predicted octanol–water partition coefficient (Wildman–Crippen LogP) is 2.33. The molecule has 1 aromatic carbocycles. The Morgan fingerprint density at radius 3 is 2.69 bits per heavy atom. The molecule has 0 unspecified atom stereocenters. The highest BCUT2D eigenvalue weighted by molar-refractivity contribution is 5.94. The first kappa shape index (κ1) is 8.91. The van der Waals surface area contributed by atoms with Crippen molar-refractivity contribution in [3.63, 3.8) is 0 Å². The van der Waals surface area contributed by atoms with Gasteiger partial charge < -0.3 is 10.1 Å². The van der Waals surface area contributed by atoms with Gasteiger partial charge in [0.25, 0.3) is 0 Å². The smallest absolute Gasteiger partial charge is 0.239 e. The van der Waals surface area contributed by atoms with Crippen LogP contribution in [-0.2, 0) is 0 Å². The normalized spacial score (nSPS) is 10.8. The molecule has 4 nitrogen and oxygen atoms in total. The molecule has 3 aromatic rings. The highest BCUT2D eigenvalue weighted by Gasteiger charge is 2.10. The monoisotopic (exact) mass is 211 g/mol. The van der Waals surface area contributed by atoms with Crippen LogP contribution in [0.15, 0.2) is 42.9 Å². The maximum atomic E-state index is 9.55. The molecule has 2 N–H and O–H groups in total. The quantitative estimate of drug-likeness (QED) is 0.649. The Morgan fingerprint density at radius 2 is 1.88 bits per heavy atom. The molecule has 3 rings (SSSR count). The van der Waals surface area contributed by atoms with E-state index in [-0.39, 0.29) is 5.88 Å². The topological polar surface area (TPSA) is 61.8 Å². The van der Waals surface area contributed by atoms with Gasteiger partial charge in [-0.25, -0.2) is 9.97 Å². The number of nitrogens with one attached hydrogen (secondary N) is 1. The molecule has 0 bridgehead atoms. The summed E-state index contributed by atoms with van der Waals surface area (Å²) in [6.45, 7) is 0. The molecule has 0 aliphatic carbocycles. The van der Waals surface area contributed by atoms with Crippen LogP contribution in [0.2, 0.25) is 0 Å². The number of aromatic hydroxyl groups is 1. The molecule has 4 heteroatoms. The summed E-state index contributed by atoms with van der Waals surface area (Å²) >= 11 is 0. The maximum absolute atomic E-state index is 9.55. The van der Waals surface area contributed by atoms with Crippen molar-refractivity contribution >= 4 is 11.0 Å². The summed E-state index contributed by atoms with van der Waals surface area (Å²) in [7, 11) is 0. The molecule has 0 radical (unpaired) electrons. The van der Waals surface area contributed by atoms with E-state index in [9.17, 15) is 5.11 Å². The van der Waals surface area contributed by atoms with Crippen LogP contribution < -0.4 is 0 Å². The SMILES string of the molecule is Oc1ncnc2c(-c3ccccc3)c[nH]c12. The van der Waals surface area contributed by atoms with E-state index in [4.69, 9.17) is 0 Å². The number of nitrogens with zero attached hydrogens (tertiary/aromatic N) is 2. The fourth-order valence-electron chi connectivity index (χ4n) is 1.76. The second kappa shape index (κ2) is 3.34. The van der Waals surface area contributed by atoms with E-state index in [2.05, 4.69) is 15.0 Å². The van der Waals surface area contributed by atoms with Crippen LogP contribution in [0.5, 0.6) is 5.88 Å². The second-order valence-electron chi connectivity index (χ2n) is 3.49. The third kappa shape index (κ3) is 1.24. The molecule has 0 saturated carbocycles. The Labute approximate surface area is 91.6 Å². The molecule has 0 spiro atoms. The number of rotatable bonds is 1. The summed E-state index contributed by atoms with van der Waals surface area (Å²) in [5, 5.41) is 9.55. The molecule has 2 heterocycles. The van der Waals surface area contributed by atoms with Crippen molar-refractivity contribution in [3.05, 3.63) is 42.9 Å². The van der Waals surface area contributed by atoms with E-state index < -0.39 is 0 Å². The molecule has 0 aliphatic heterocycles. The Bertz CT molecular complexity index is 631. The fourth-order valence-corrected chi connectivity index (χ4v) is 1.76.